The summed E-state index contributed by atoms with van der Waals surface area (Å²) in [6.07, 6.45) is 2.34. The maximum Gasteiger partial charge on any atom is 0.408 e. The number of benzene rings is 4. The number of ether oxygens (including phenoxy) is 3. The van der Waals surface area contributed by atoms with Crippen molar-refractivity contribution in [2.75, 3.05) is 45.2 Å². The first-order valence-electron chi connectivity index (χ1n) is 17.2. The van der Waals surface area contributed by atoms with Gasteiger partial charge in [0.05, 0.1) is 18.2 Å². The van der Waals surface area contributed by atoms with Gasteiger partial charge in [0.15, 0.2) is 0 Å². The smallest absolute Gasteiger partial charge is 0.408 e. The highest BCUT2D eigenvalue weighted by molar-refractivity contribution is 5.90. The maximum absolute atomic E-state index is 13.2. The highest BCUT2D eigenvalue weighted by Crippen LogP contribution is 2.31. The van der Waals surface area contributed by atoms with Crippen LogP contribution >= 0.6 is 0 Å². The summed E-state index contributed by atoms with van der Waals surface area (Å²) in [6, 6.07) is 30.1. The Kier molecular flexibility index (Phi) is 11.6. The van der Waals surface area contributed by atoms with Crippen LogP contribution in [0.15, 0.2) is 103 Å². The summed E-state index contributed by atoms with van der Waals surface area (Å²) in [5.41, 5.74) is 4.09. The van der Waals surface area contributed by atoms with E-state index >= 15 is 0 Å². The van der Waals surface area contributed by atoms with E-state index in [0.717, 1.165) is 55.5 Å². The number of carbonyl (C=O) groups is 4. The first-order chi connectivity index (χ1) is 24.8. The van der Waals surface area contributed by atoms with Gasteiger partial charge in [0.2, 0.25) is 0 Å². The first kappa shape index (κ1) is 35.2. The van der Waals surface area contributed by atoms with E-state index in [9.17, 15) is 19.2 Å². The van der Waals surface area contributed by atoms with Crippen LogP contribution in [0, 0.1) is 5.92 Å². The monoisotopic (exact) mass is 690 g/mol. The number of rotatable bonds is 13. The van der Waals surface area contributed by atoms with Gasteiger partial charge in [-0.05, 0) is 97.1 Å². The van der Waals surface area contributed by atoms with E-state index in [0.29, 0.717) is 28.5 Å². The Morgan fingerprint density at radius 3 is 2.31 bits per heavy atom. The van der Waals surface area contributed by atoms with E-state index in [4.69, 9.17) is 14.2 Å². The van der Waals surface area contributed by atoms with Gasteiger partial charge >= 0.3 is 18.1 Å². The minimum atomic E-state index is -0.500. The predicted molar refractivity (Wildman–Crippen MR) is 192 cm³/mol. The molecule has 2 atom stereocenters. The quantitative estimate of drug-likeness (QED) is 0.124. The molecule has 3 heterocycles. The lowest BCUT2D eigenvalue weighted by molar-refractivity contribution is -0.0336. The maximum atomic E-state index is 13.2. The number of nitrogens with zero attached hydrogens (tertiary/aromatic N) is 2. The normalized spacial score (nSPS) is 18.2. The van der Waals surface area contributed by atoms with Gasteiger partial charge in [-0.25, -0.2) is 14.4 Å². The lowest BCUT2D eigenvalue weighted by atomic mass is 9.86. The Morgan fingerprint density at radius 1 is 0.902 bits per heavy atom. The molecule has 2 unspecified atom stereocenters. The molecule has 3 saturated heterocycles. The minimum absolute atomic E-state index is 0.0181. The zero-order valence-electron chi connectivity index (χ0n) is 28.5. The van der Waals surface area contributed by atoms with Crippen LogP contribution in [0.3, 0.4) is 0 Å². The van der Waals surface area contributed by atoms with Crippen molar-refractivity contribution in [3.05, 3.63) is 131 Å². The Hall–Kier alpha value is -5.68. The summed E-state index contributed by atoms with van der Waals surface area (Å²) in [6.45, 7) is 3.42. The van der Waals surface area contributed by atoms with Crippen molar-refractivity contribution in [3.8, 4) is 5.75 Å². The molecule has 2 N–H and O–H groups in total. The Balaban J connectivity index is 0.989. The number of anilines is 1. The van der Waals surface area contributed by atoms with Gasteiger partial charge in [0.25, 0.3) is 0 Å². The molecule has 264 valence electrons. The number of hydrogen-bond donors (Lipinski definition) is 2. The van der Waals surface area contributed by atoms with Gasteiger partial charge in [0, 0.05) is 24.8 Å². The van der Waals surface area contributed by atoms with Crippen molar-refractivity contribution in [2.45, 2.75) is 31.6 Å². The van der Waals surface area contributed by atoms with Crippen LogP contribution in [0.1, 0.15) is 56.3 Å². The van der Waals surface area contributed by atoms with Crippen LogP contribution < -0.4 is 15.4 Å². The van der Waals surface area contributed by atoms with Gasteiger partial charge in [-0.3, -0.25) is 9.69 Å². The van der Waals surface area contributed by atoms with Crippen molar-refractivity contribution < 1.29 is 33.4 Å². The molecule has 0 radical (unpaired) electrons. The molecular weight excluding hydrogens is 648 g/mol. The molecule has 7 rings (SSSR count). The summed E-state index contributed by atoms with van der Waals surface area (Å²) in [5.74, 6) is 0.553. The zero-order valence-corrected chi connectivity index (χ0v) is 28.5. The second kappa shape index (κ2) is 16.8. The predicted octanol–water partition coefficient (Wildman–Crippen LogP) is 6.31. The lowest BCUT2D eigenvalue weighted by Gasteiger charge is -2.43. The van der Waals surface area contributed by atoms with E-state index in [1.165, 1.54) is 4.90 Å². The molecule has 3 amide bonds. The number of amides is 3. The van der Waals surface area contributed by atoms with Crippen molar-refractivity contribution in [2.24, 2.45) is 5.92 Å². The fourth-order valence-corrected chi connectivity index (χ4v) is 6.35. The lowest BCUT2D eigenvalue weighted by Crippen LogP contribution is -2.52. The molecule has 3 aliphatic rings. The Bertz CT molecular complexity index is 1790. The summed E-state index contributed by atoms with van der Waals surface area (Å²) in [5, 5.41) is 5.83. The third kappa shape index (κ3) is 9.52. The molecule has 4 aromatic rings. The number of esters is 1. The fourth-order valence-electron chi connectivity index (χ4n) is 6.35. The number of nitrogens with one attached hydrogen (secondary N) is 2. The summed E-state index contributed by atoms with van der Waals surface area (Å²) in [7, 11) is 1.60. The van der Waals surface area contributed by atoms with Gasteiger partial charge in [-0.2, -0.15) is 0 Å². The van der Waals surface area contributed by atoms with E-state index in [-0.39, 0.29) is 31.9 Å². The van der Waals surface area contributed by atoms with E-state index < -0.39 is 18.1 Å². The van der Waals surface area contributed by atoms with Crippen LogP contribution in [0.2, 0.25) is 0 Å². The van der Waals surface area contributed by atoms with Crippen molar-refractivity contribution >= 4 is 30.1 Å². The molecule has 3 aliphatic heterocycles. The number of fused-ring (bicyclic) bond motifs is 3. The number of hydrogen-bond acceptors (Lipinski definition) is 8. The van der Waals surface area contributed by atoms with Crippen LogP contribution in [0.4, 0.5) is 15.3 Å². The molecule has 0 saturated carbocycles. The van der Waals surface area contributed by atoms with Gasteiger partial charge < -0.3 is 29.7 Å². The molecule has 11 heteroatoms. The third-order valence-electron chi connectivity index (χ3n) is 9.34. The van der Waals surface area contributed by atoms with Crippen molar-refractivity contribution in [1.82, 2.24) is 15.1 Å². The zero-order chi connectivity index (χ0) is 35.6. The second-order valence-electron chi connectivity index (χ2n) is 12.9. The molecule has 3 fully saturated rings. The number of carbonyl (C=O) groups excluding carboxylic acids is 4. The highest BCUT2D eigenvalue weighted by Gasteiger charge is 2.37. The van der Waals surface area contributed by atoms with Crippen molar-refractivity contribution in [3.63, 3.8) is 0 Å². The largest absolute Gasteiger partial charge is 0.489 e. The van der Waals surface area contributed by atoms with E-state index in [1.807, 2.05) is 54.6 Å². The van der Waals surface area contributed by atoms with Gasteiger partial charge in [0.1, 0.15) is 31.4 Å². The van der Waals surface area contributed by atoms with Crippen LogP contribution in [0.5, 0.6) is 5.75 Å². The third-order valence-corrected chi connectivity index (χ3v) is 9.34. The topological polar surface area (TPSA) is 127 Å². The standard InChI is InChI=1S/C40H42N4O7/c1-43(39(47)41-34-16-12-28(26-45)13-17-34)22-23-49-38(46)32-14-10-29(11-15-32)27-50-35-9-5-8-33(24-35)37(31-6-3-2-4-7-31)42-40(48)51-36-25-44-20-18-30(36)19-21-44/h2-17,24,26,30,36-37H,18-23,25,27H2,1H3,(H,41,47)(H,42,48). The van der Waals surface area contributed by atoms with Crippen LogP contribution in [-0.2, 0) is 16.1 Å². The molecule has 0 aliphatic carbocycles. The number of likely N-dealkylation sites (N-methyl/N-ethyl adjacent to an activating group) is 1. The summed E-state index contributed by atoms with van der Waals surface area (Å²) in [4.78, 5) is 52.8. The number of alkyl carbamates (subject to hydrolysis) is 1. The molecular formula is C40H42N4O7. The first-order valence-corrected chi connectivity index (χ1v) is 17.2. The Labute approximate surface area is 297 Å². The Morgan fingerprint density at radius 2 is 1.63 bits per heavy atom. The molecule has 51 heavy (non-hydrogen) atoms. The average molecular weight is 691 g/mol. The SMILES string of the molecule is CN(CCOC(=O)c1ccc(COc2cccc(C(NC(=O)OC3CN4CCC3CC4)c3ccccc3)c2)cc1)C(=O)Nc1ccc(C=O)cc1. The summed E-state index contributed by atoms with van der Waals surface area (Å²) >= 11 is 0. The molecule has 4 aromatic carbocycles. The molecule has 0 aromatic heterocycles. The van der Waals surface area contributed by atoms with Crippen LogP contribution in [0.25, 0.3) is 0 Å². The second-order valence-corrected chi connectivity index (χ2v) is 12.9. The van der Waals surface area contributed by atoms with Crippen molar-refractivity contribution in [1.29, 1.82) is 0 Å². The molecule has 0 spiro atoms. The number of aldehydes is 1. The van der Waals surface area contributed by atoms with E-state index in [1.54, 1.807) is 55.6 Å². The fraction of sp³-hybridized carbons (Fsp3) is 0.300. The van der Waals surface area contributed by atoms with Crippen LogP contribution in [-0.4, -0.2) is 80.1 Å². The number of urea groups is 1. The highest BCUT2D eigenvalue weighted by atomic mass is 16.6. The average Bonchev–Trinajstić information content (AvgIpc) is 3.17. The number of piperidine rings is 3. The minimum Gasteiger partial charge on any atom is -0.489 e. The molecule has 2 bridgehead atoms. The summed E-state index contributed by atoms with van der Waals surface area (Å²) < 4.78 is 17.4. The van der Waals surface area contributed by atoms with Gasteiger partial charge in [-0.15, -0.1) is 0 Å². The van der Waals surface area contributed by atoms with Gasteiger partial charge in [-0.1, -0.05) is 54.6 Å². The molecule has 11 nitrogen and oxygen atoms in total. The van der Waals surface area contributed by atoms with E-state index in [2.05, 4.69) is 15.5 Å².